The number of hydrogen-bond acceptors (Lipinski definition) is 6. The first kappa shape index (κ1) is 21.4. The molecule has 6 heteroatoms. The number of aliphatic hydroxyl groups excluding tert-OH is 3. The molecule has 6 nitrogen and oxygen atoms in total. The van der Waals surface area contributed by atoms with Gasteiger partial charge in [-0.1, -0.05) is 62.4 Å². The molecule has 0 bridgehead atoms. The van der Waals surface area contributed by atoms with Gasteiger partial charge in [0, 0.05) is 11.5 Å². The minimum Gasteiger partial charge on any atom is -0.394 e. The molecule has 1 aliphatic carbocycles. The van der Waals surface area contributed by atoms with Gasteiger partial charge in [-0.3, -0.25) is 0 Å². The second kappa shape index (κ2) is 8.38. The van der Waals surface area contributed by atoms with Crippen LogP contribution in [0.25, 0.3) is 0 Å². The fourth-order valence-corrected chi connectivity index (χ4v) is 4.70. The third-order valence-electron chi connectivity index (χ3n) is 6.55. The highest BCUT2D eigenvalue weighted by Crippen LogP contribution is 2.56. The number of rotatable bonds is 6. The lowest BCUT2D eigenvalue weighted by Crippen LogP contribution is -2.78. The van der Waals surface area contributed by atoms with Crippen molar-refractivity contribution >= 4 is 0 Å². The highest BCUT2D eigenvalue weighted by molar-refractivity contribution is 5.37. The monoisotopic (exact) mass is 414 g/mol. The average Bonchev–Trinajstić information content (AvgIpc) is 2.79. The van der Waals surface area contributed by atoms with Gasteiger partial charge >= 0.3 is 0 Å². The SMILES string of the molecule is CCc1ccc(C2O[C@H]([C@H](O)CO)[C@@]3(O)C(c4ccc(CC)cc4)C(O)[C@@H]3O2)cc1. The molecule has 2 aromatic rings. The van der Waals surface area contributed by atoms with Crippen LogP contribution in [0.2, 0.25) is 0 Å². The lowest BCUT2D eigenvalue weighted by atomic mass is 9.57. The van der Waals surface area contributed by atoms with Gasteiger partial charge in [-0.25, -0.2) is 0 Å². The molecular weight excluding hydrogens is 384 g/mol. The Morgan fingerprint density at radius 1 is 0.900 bits per heavy atom. The lowest BCUT2D eigenvalue weighted by Gasteiger charge is -2.62. The average molecular weight is 414 g/mol. The van der Waals surface area contributed by atoms with E-state index in [2.05, 4.69) is 13.8 Å². The predicted octanol–water partition coefficient (Wildman–Crippen LogP) is 1.84. The second-order valence-electron chi connectivity index (χ2n) is 8.24. The van der Waals surface area contributed by atoms with E-state index < -0.39 is 48.8 Å². The molecule has 4 rings (SSSR count). The Bertz CT molecular complexity index is 851. The molecule has 0 radical (unpaired) electrons. The summed E-state index contributed by atoms with van der Waals surface area (Å²) in [5, 5.41) is 42.5. The number of aliphatic hydroxyl groups is 4. The molecule has 1 saturated heterocycles. The highest BCUT2D eigenvalue weighted by Gasteiger charge is 2.70. The summed E-state index contributed by atoms with van der Waals surface area (Å²) in [4.78, 5) is 0. The van der Waals surface area contributed by atoms with Gasteiger partial charge in [0.05, 0.1) is 12.7 Å². The van der Waals surface area contributed by atoms with Crippen molar-refractivity contribution in [2.75, 3.05) is 6.61 Å². The molecule has 2 aliphatic rings. The Morgan fingerprint density at radius 2 is 1.43 bits per heavy atom. The van der Waals surface area contributed by atoms with Gasteiger partial charge in [-0.2, -0.15) is 0 Å². The molecular formula is C24H30O6. The molecule has 0 spiro atoms. The molecule has 2 aromatic carbocycles. The standard InChI is InChI=1S/C24H30O6/c1-3-14-5-9-16(10-6-14)19-20(27)22-24(19,28)21(18(26)13-25)29-23(30-22)17-11-7-15(4-2)8-12-17/h5-12,18-23,25-28H,3-4,13H2,1-2H3/t18-,19?,20?,21-,22+,23?,24+/m1/s1. The summed E-state index contributed by atoms with van der Waals surface area (Å²) >= 11 is 0. The van der Waals surface area contributed by atoms with Crippen molar-refractivity contribution in [1.82, 2.24) is 0 Å². The first-order valence-electron chi connectivity index (χ1n) is 10.6. The molecule has 162 valence electrons. The summed E-state index contributed by atoms with van der Waals surface area (Å²) in [5.74, 6) is -0.692. The zero-order chi connectivity index (χ0) is 21.5. The molecule has 1 aliphatic heterocycles. The topological polar surface area (TPSA) is 99.4 Å². The zero-order valence-electron chi connectivity index (χ0n) is 17.3. The van der Waals surface area contributed by atoms with Crippen LogP contribution in [0.1, 0.15) is 48.3 Å². The van der Waals surface area contributed by atoms with Gasteiger partial charge in [-0.15, -0.1) is 0 Å². The Kier molecular flexibility index (Phi) is 5.99. The van der Waals surface area contributed by atoms with Crippen molar-refractivity contribution in [3.63, 3.8) is 0 Å². The third kappa shape index (κ3) is 3.38. The number of aryl methyl sites for hydroxylation is 2. The number of ether oxygens (including phenoxy) is 2. The van der Waals surface area contributed by atoms with E-state index >= 15 is 0 Å². The van der Waals surface area contributed by atoms with E-state index in [-0.39, 0.29) is 0 Å². The number of benzene rings is 2. The minimum absolute atomic E-state index is 0.571. The minimum atomic E-state index is -1.66. The van der Waals surface area contributed by atoms with Crippen LogP contribution in [0.3, 0.4) is 0 Å². The van der Waals surface area contributed by atoms with Crippen LogP contribution in [-0.2, 0) is 22.3 Å². The third-order valence-corrected chi connectivity index (χ3v) is 6.55. The summed E-state index contributed by atoms with van der Waals surface area (Å²) in [6.07, 6.45) is -3.40. The summed E-state index contributed by atoms with van der Waals surface area (Å²) in [5.41, 5.74) is 2.13. The van der Waals surface area contributed by atoms with Crippen molar-refractivity contribution in [3.05, 3.63) is 70.8 Å². The molecule has 7 atom stereocenters. The van der Waals surface area contributed by atoms with Gasteiger partial charge in [0.2, 0.25) is 0 Å². The molecule has 30 heavy (non-hydrogen) atoms. The normalized spacial score (nSPS) is 34.1. The second-order valence-corrected chi connectivity index (χ2v) is 8.24. The maximum atomic E-state index is 11.6. The molecule has 0 amide bonds. The summed E-state index contributed by atoms with van der Waals surface area (Å²) < 4.78 is 12.0. The zero-order valence-corrected chi connectivity index (χ0v) is 17.3. The smallest absolute Gasteiger partial charge is 0.185 e. The van der Waals surface area contributed by atoms with E-state index in [0.29, 0.717) is 0 Å². The largest absolute Gasteiger partial charge is 0.394 e. The summed E-state index contributed by atoms with van der Waals surface area (Å²) in [7, 11) is 0. The maximum absolute atomic E-state index is 11.6. The molecule has 0 aromatic heterocycles. The van der Waals surface area contributed by atoms with Crippen molar-refractivity contribution in [2.24, 2.45) is 0 Å². The van der Waals surface area contributed by atoms with Gasteiger partial charge in [0.15, 0.2) is 6.29 Å². The summed E-state index contributed by atoms with van der Waals surface area (Å²) in [6, 6.07) is 15.4. The molecule has 4 N–H and O–H groups in total. The van der Waals surface area contributed by atoms with Crippen LogP contribution in [0, 0.1) is 0 Å². The Labute approximate surface area is 176 Å². The Balaban J connectivity index is 1.65. The van der Waals surface area contributed by atoms with E-state index in [1.165, 1.54) is 0 Å². The number of hydrogen-bond donors (Lipinski definition) is 4. The highest BCUT2D eigenvalue weighted by atomic mass is 16.7. The quantitative estimate of drug-likeness (QED) is 0.576. The molecule has 3 unspecified atom stereocenters. The molecule has 1 heterocycles. The fraction of sp³-hybridized carbons (Fsp3) is 0.500. The van der Waals surface area contributed by atoms with Crippen molar-refractivity contribution in [3.8, 4) is 0 Å². The van der Waals surface area contributed by atoms with Crippen molar-refractivity contribution in [2.45, 2.75) is 68.9 Å². The Hall–Kier alpha value is -1.80. The Morgan fingerprint density at radius 3 is 1.93 bits per heavy atom. The summed E-state index contributed by atoms with van der Waals surface area (Å²) in [6.45, 7) is 3.55. The van der Waals surface area contributed by atoms with E-state index in [1.807, 2.05) is 48.5 Å². The van der Waals surface area contributed by atoms with Gasteiger partial charge in [0.1, 0.15) is 23.9 Å². The van der Waals surface area contributed by atoms with Crippen molar-refractivity contribution in [1.29, 1.82) is 0 Å². The van der Waals surface area contributed by atoms with E-state index in [4.69, 9.17) is 9.47 Å². The van der Waals surface area contributed by atoms with Gasteiger partial charge < -0.3 is 29.9 Å². The van der Waals surface area contributed by atoms with Crippen molar-refractivity contribution < 1.29 is 29.9 Å². The molecule has 1 saturated carbocycles. The fourth-order valence-electron chi connectivity index (χ4n) is 4.70. The first-order valence-corrected chi connectivity index (χ1v) is 10.6. The van der Waals surface area contributed by atoms with Crippen LogP contribution in [0.4, 0.5) is 0 Å². The predicted molar refractivity (Wildman–Crippen MR) is 111 cm³/mol. The van der Waals surface area contributed by atoms with Gasteiger partial charge in [-0.05, 0) is 29.5 Å². The van der Waals surface area contributed by atoms with Crippen LogP contribution in [0.5, 0.6) is 0 Å². The number of fused-ring (bicyclic) bond motifs is 1. The van der Waals surface area contributed by atoms with Crippen LogP contribution in [0.15, 0.2) is 48.5 Å². The van der Waals surface area contributed by atoms with Crippen LogP contribution < -0.4 is 0 Å². The van der Waals surface area contributed by atoms with Gasteiger partial charge in [0.25, 0.3) is 0 Å². The van der Waals surface area contributed by atoms with E-state index in [1.54, 1.807) is 0 Å². The lowest BCUT2D eigenvalue weighted by molar-refractivity contribution is -0.403. The maximum Gasteiger partial charge on any atom is 0.185 e. The van der Waals surface area contributed by atoms with E-state index in [0.717, 1.165) is 35.1 Å². The van der Waals surface area contributed by atoms with E-state index in [9.17, 15) is 20.4 Å². The first-order chi connectivity index (χ1) is 14.4. The molecule has 2 fully saturated rings. The van der Waals surface area contributed by atoms with Crippen LogP contribution in [-0.4, -0.2) is 57.0 Å². The van der Waals surface area contributed by atoms with Crippen LogP contribution >= 0.6 is 0 Å².